The Labute approximate surface area is 164 Å². The van der Waals surface area contributed by atoms with E-state index in [1.54, 1.807) is 11.8 Å². The first-order valence-corrected chi connectivity index (χ1v) is 11.0. The number of thioether (sulfide) groups is 2. The van der Waals surface area contributed by atoms with E-state index in [4.69, 9.17) is 5.10 Å². The molecule has 1 atom stereocenters. The molecule has 0 spiro atoms. The van der Waals surface area contributed by atoms with Crippen LogP contribution in [0.25, 0.3) is 5.69 Å². The Morgan fingerprint density at radius 3 is 2.58 bits per heavy atom. The van der Waals surface area contributed by atoms with E-state index >= 15 is 0 Å². The number of hydrogen-bond acceptors (Lipinski definition) is 4. The summed E-state index contributed by atoms with van der Waals surface area (Å²) in [6, 6.07) is 10.2. The van der Waals surface area contributed by atoms with Gasteiger partial charge in [0, 0.05) is 28.3 Å². The van der Waals surface area contributed by atoms with Crippen LogP contribution in [0.2, 0.25) is 0 Å². The van der Waals surface area contributed by atoms with Gasteiger partial charge in [0.25, 0.3) is 0 Å². The predicted molar refractivity (Wildman–Crippen MR) is 112 cm³/mol. The molecule has 0 N–H and O–H groups in total. The van der Waals surface area contributed by atoms with Crippen LogP contribution in [0.1, 0.15) is 43.1 Å². The van der Waals surface area contributed by atoms with Crippen molar-refractivity contribution in [2.75, 3.05) is 18.1 Å². The van der Waals surface area contributed by atoms with Crippen LogP contribution in [0.3, 0.4) is 0 Å². The summed E-state index contributed by atoms with van der Waals surface area (Å²) in [6.07, 6.45) is 0. The summed E-state index contributed by atoms with van der Waals surface area (Å²) in [5.41, 5.74) is 4.37. The third kappa shape index (κ3) is 4.12. The molecule has 26 heavy (non-hydrogen) atoms. The van der Waals surface area contributed by atoms with Gasteiger partial charge in [-0.1, -0.05) is 39.0 Å². The van der Waals surface area contributed by atoms with Gasteiger partial charge in [-0.15, -0.1) is 11.8 Å². The summed E-state index contributed by atoms with van der Waals surface area (Å²) in [5.74, 6) is 1.75. The molecule has 4 nitrogen and oxygen atoms in total. The Kier molecular flexibility index (Phi) is 5.72. The van der Waals surface area contributed by atoms with Crippen molar-refractivity contribution in [3.8, 4) is 5.69 Å². The first-order valence-electron chi connectivity index (χ1n) is 8.94. The van der Waals surface area contributed by atoms with Crippen LogP contribution in [0, 0.1) is 13.8 Å². The maximum atomic E-state index is 12.5. The zero-order valence-electron chi connectivity index (χ0n) is 16.2. The molecule has 1 aromatic carbocycles. The molecule has 0 radical (unpaired) electrons. The zero-order chi connectivity index (χ0) is 18.9. The molecular weight excluding hydrogens is 362 g/mol. The number of para-hydroxylation sites is 1. The maximum Gasteiger partial charge on any atom is 0.233 e. The summed E-state index contributed by atoms with van der Waals surface area (Å²) in [5, 5.41) is 4.83. The maximum absolute atomic E-state index is 12.5. The van der Waals surface area contributed by atoms with E-state index in [9.17, 15) is 4.79 Å². The second-order valence-corrected chi connectivity index (χ2v) is 10.5. The van der Waals surface area contributed by atoms with Gasteiger partial charge in [0.05, 0.1) is 17.1 Å². The van der Waals surface area contributed by atoms with Crippen molar-refractivity contribution in [3.63, 3.8) is 0 Å². The number of carbonyl (C=O) groups is 1. The number of hydrogen-bond donors (Lipinski definition) is 0. The predicted octanol–water partition coefficient (Wildman–Crippen LogP) is 4.59. The number of carbonyl (C=O) groups excluding carboxylic acids is 1. The van der Waals surface area contributed by atoms with Crippen LogP contribution in [-0.2, 0) is 4.79 Å². The molecule has 1 aliphatic rings. The quantitative estimate of drug-likeness (QED) is 0.749. The van der Waals surface area contributed by atoms with Crippen molar-refractivity contribution < 1.29 is 4.79 Å². The topological polar surface area (TPSA) is 38.1 Å². The van der Waals surface area contributed by atoms with Crippen molar-refractivity contribution >= 4 is 29.4 Å². The molecule has 2 heterocycles. The molecule has 6 heteroatoms. The number of benzene rings is 1. The highest BCUT2D eigenvalue weighted by Gasteiger charge is 2.36. The molecule has 1 fully saturated rings. The van der Waals surface area contributed by atoms with Crippen LogP contribution in [0.15, 0.2) is 30.3 Å². The lowest BCUT2D eigenvalue weighted by Gasteiger charge is -2.26. The van der Waals surface area contributed by atoms with Gasteiger partial charge in [-0.2, -0.15) is 16.9 Å². The van der Waals surface area contributed by atoms with Crippen LogP contribution >= 0.6 is 23.5 Å². The lowest BCUT2D eigenvalue weighted by molar-refractivity contribution is -0.127. The summed E-state index contributed by atoms with van der Waals surface area (Å²) < 4.78 is 2.21. The summed E-state index contributed by atoms with van der Waals surface area (Å²) in [7, 11) is 0. The van der Waals surface area contributed by atoms with Crippen LogP contribution < -0.4 is 0 Å². The van der Waals surface area contributed by atoms with Crippen molar-refractivity contribution in [2.24, 2.45) is 0 Å². The highest BCUT2D eigenvalue weighted by Crippen LogP contribution is 2.42. The Balaban J connectivity index is 1.85. The van der Waals surface area contributed by atoms with Gasteiger partial charge in [-0.05, 0) is 26.0 Å². The molecule has 140 valence electrons. The first kappa shape index (κ1) is 19.4. The summed E-state index contributed by atoms with van der Waals surface area (Å²) >= 11 is 3.63. The minimum absolute atomic E-state index is 0.0699. The number of nitrogens with zero attached hydrogens (tertiary/aromatic N) is 3. The van der Waals surface area contributed by atoms with Gasteiger partial charge in [-0.25, -0.2) is 4.68 Å². The first-order chi connectivity index (χ1) is 12.3. The summed E-state index contributed by atoms with van der Waals surface area (Å²) in [4.78, 5) is 14.5. The number of amides is 1. The molecule has 1 aromatic heterocycles. The van der Waals surface area contributed by atoms with Gasteiger partial charge < -0.3 is 4.90 Å². The fourth-order valence-electron chi connectivity index (χ4n) is 3.22. The Hall–Kier alpha value is -1.40. The monoisotopic (exact) mass is 389 g/mol. The Morgan fingerprint density at radius 2 is 1.92 bits per heavy atom. The van der Waals surface area contributed by atoms with E-state index in [1.807, 2.05) is 46.5 Å². The lowest BCUT2D eigenvalue weighted by atomic mass is 10.1. The molecule has 0 aliphatic carbocycles. The van der Waals surface area contributed by atoms with Gasteiger partial charge in [-0.3, -0.25) is 4.79 Å². The number of aromatic nitrogens is 2. The standard InChI is InChI=1S/C20H27N3OS2/c1-14-18(15(2)23(21-14)16-9-7-6-8-10-16)19-22(17(24)13-25-19)11-12-26-20(3,4)5/h6-10,19H,11-13H2,1-5H3. The second kappa shape index (κ2) is 7.69. The lowest BCUT2D eigenvalue weighted by Crippen LogP contribution is -2.31. The molecule has 2 aromatic rings. The van der Waals surface area contributed by atoms with Crippen LogP contribution in [-0.4, -0.2) is 43.4 Å². The average molecular weight is 390 g/mol. The average Bonchev–Trinajstić information content (AvgIpc) is 3.07. The normalized spacial score (nSPS) is 18.0. The molecule has 0 saturated carbocycles. The highest BCUT2D eigenvalue weighted by molar-refractivity contribution is 8.01. The van der Waals surface area contributed by atoms with Crippen molar-refractivity contribution in [1.29, 1.82) is 0 Å². The second-order valence-electron chi connectivity index (χ2n) is 7.54. The van der Waals surface area contributed by atoms with E-state index in [1.165, 1.54) is 5.56 Å². The van der Waals surface area contributed by atoms with Crippen molar-refractivity contribution in [2.45, 2.75) is 44.7 Å². The Bertz CT molecular complexity index is 780. The molecule has 1 unspecified atom stereocenters. The third-order valence-electron chi connectivity index (χ3n) is 4.43. The largest absolute Gasteiger partial charge is 0.325 e. The molecule has 1 amide bonds. The van der Waals surface area contributed by atoms with Gasteiger partial charge in [0.2, 0.25) is 5.91 Å². The van der Waals surface area contributed by atoms with E-state index < -0.39 is 0 Å². The fourth-order valence-corrected chi connectivity index (χ4v) is 5.50. The SMILES string of the molecule is Cc1nn(-c2ccccc2)c(C)c1C1SCC(=O)N1CCSC(C)(C)C. The smallest absolute Gasteiger partial charge is 0.233 e. The van der Waals surface area contributed by atoms with E-state index in [-0.39, 0.29) is 16.0 Å². The third-order valence-corrected chi connectivity index (χ3v) is 6.90. The minimum Gasteiger partial charge on any atom is -0.325 e. The fraction of sp³-hybridized carbons (Fsp3) is 0.500. The van der Waals surface area contributed by atoms with Crippen LogP contribution in [0.4, 0.5) is 0 Å². The summed E-state index contributed by atoms with van der Waals surface area (Å²) in [6.45, 7) is 11.6. The van der Waals surface area contributed by atoms with E-state index in [2.05, 4.69) is 39.8 Å². The van der Waals surface area contributed by atoms with Crippen LogP contribution in [0.5, 0.6) is 0 Å². The Morgan fingerprint density at radius 1 is 1.23 bits per heavy atom. The van der Waals surface area contributed by atoms with E-state index in [0.29, 0.717) is 5.75 Å². The molecule has 1 aliphatic heterocycles. The van der Waals surface area contributed by atoms with Crippen molar-refractivity contribution in [3.05, 3.63) is 47.3 Å². The molecule has 0 bridgehead atoms. The minimum atomic E-state index is 0.0699. The molecular formula is C20H27N3OS2. The van der Waals surface area contributed by atoms with Gasteiger partial charge in [0.1, 0.15) is 5.37 Å². The van der Waals surface area contributed by atoms with Crippen molar-refractivity contribution in [1.82, 2.24) is 14.7 Å². The highest BCUT2D eigenvalue weighted by atomic mass is 32.2. The number of aryl methyl sites for hydroxylation is 1. The van der Waals surface area contributed by atoms with Gasteiger partial charge >= 0.3 is 0 Å². The molecule has 3 rings (SSSR count). The molecule has 1 saturated heterocycles. The van der Waals surface area contributed by atoms with Gasteiger partial charge in [0.15, 0.2) is 0 Å². The zero-order valence-corrected chi connectivity index (χ0v) is 17.8. The van der Waals surface area contributed by atoms with E-state index in [0.717, 1.165) is 29.4 Å². The number of rotatable bonds is 5.